The third-order valence-electron chi connectivity index (χ3n) is 2.50. The van der Waals surface area contributed by atoms with E-state index in [9.17, 15) is 4.79 Å². The zero-order valence-corrected chi connectivity index (χ0v) is 12.7. The van der Waals surface area contributed by atoms with Gasteiger partial charge >= 0.3 is 5.97 Å². The minimum atomic E-state index is -0.310. The van der Waals surface area contributed by atoms with Crippen LogP contribution in [0, 0.1) is 0 Å². The van der Waals surface area contributed by atoms with Crippen molar-refractivity contribution in [2.24, 2.45) is 5.73 Å². The van der Waals surface area contributed by atoms with E-state index in [0.717, 1.165) is 16.5 Å². The summed E-state index contributed by atoms with van der Waals surface area (Å²) in [6.45, 7) is 0.802. The number of methoxy groups -OCH3 is 2. The van der Waals surface area contributed by atoms with Gasteiger partial charge in [0.1, 0.15) is 0 Å². The summed E-state index contributed by atoms with van der Waals surface area (Å²) in [5, 5.41) is 0. The number of rotatable bonds is 7. The molecule has 0 aliphatic rings. The van der Waals surface area contributed by atoms with Crippen LogP contribution in [-0.2, 0) is 16.0 Å². The quantitative estimate of drug-likeness (QED) is 0.772. The lowest BCUT2D eigenvalue weighted by Gasteiger charge is -2.14. The molecule has 19 heavy (non-hydrogen) atoms. The summed E-state index contributed by atoms with van der Waals surface area (Å²) in [7, 11) is 2.92. The molecule has 5 nitrogen and oxygen atoms in total. The van der Waals surface area contributed by atoms with Crippen molar-refractivity contribution >= 4 is 21.9 Å². The number of esters is 1. The zero-order valence-electron chi connectivity index (χ0n) is 11.1. The van der Waals surface area contributed by atoms with Crippen molar-refractivity contribution < 1.29 is 19.0 Å². The molecule has 0 aromatic heterocycles. The van der Waals surface area contributed by atoms with Gasteiger partial charge in [0, 0.05) is 0 Å². The first-order chi connectivity index (χ1) is 9.12. The fourth-order valence-corrected chi connectivity index (χ4v) is 2.17. The third kappa shape index (κ3) is 4.72. The second kappa shape index (κ2) is 8.01. The number of benzene rings is 1. The predicted molar refractivity (Wildman–Crippen MR) is 75.6 cm³/mol. The normalized spacial score (nSPS) is 10.1. The minimum Gasteiger partial charge on any atom is -0.493 e. The maximum absolute atomic E-state index is 11.0. The van der Waals surface area contributed by atoms with Crippen LogP contribution in [0.4, 0.5) is 0 Å². The molecule has 0 bridgehead atoms. The summed E-state index contributed by atoms with van der Waals surface area (Å²) in [6.07, 6.45) is 0.952. The van der Waals surface area contributed by atoms with E-state index in [1.165, 1.54) is 7.11 Å². The average Bonchev–Trinajstić information content (AvgIpc) is 2.40. The topological polar surface area (TPSA) is 70.8 Å². The van der Waals surface area contributed by atoms with Gasteiger partial charge in [-0.3, -0.25) is 4.79 Å². The first kappa shape index (κ1) is 15.8. The van der Waals surface area contributed by atoms with Gasteiger partial charge in [-0.2, -0.15) is 0 Å². The molecule has 2 N–H and O–H groups in total. The van der Waals surface area contributed by atoms with Gasteiger partial charge in [0.05, 0.1) is 31.7 Å². The highest BCUT2D eigenvalue weighted by molar-refractivity contribution is 9.10. The Morgan fingerprint density at radius 1 is 1.37 bits per heavy atom. The van der Waals surface area contributed by atoms with E-state index >= 15 is 0 Å². The summed E-state index contributed by atoms with van der Waals surface area (Å²) in [5.41, 5.74) is 6.59. The lowest BCUT2D eigenvalue weighted by Crippen LogP contribution is -2.09. The zero-order chi connectivity index (χ0) is 14.3. The van der Waals surface area contributed by atoms with Gasteiger partial charge in [-0.15, -0.1) is 0 Å². The Hall–Kier alpha value is -1.27. The van der Waals surface area contributed by atoms with Crippen LogP contribution in [0.5, 0.6) is 11.5 Å². The summed E-state index contributed by atoms with van der Waals surface area (Å²) >= 11 is 3.43. The largest absolute Gasteiger partial charge is 0.493 e. The molecule has 0 amide bonds. The molecule has 1 aromatic carbocycles. The lowest BCUT2D eigenvalue weighted by atomic mass is 10.1. The Kier molecular flexibility index (Phi) is 6.66. The van der Waals surface area contributed by atoms with Gasteiger partial charge < -0.3 is 19.9 Å². The maximum atomic E-state index is 11.0. The fraction of sp³-hybridized carbons (Fsp3) is 0.462. The molecule has 0 unspecified atom stereocenters. The molecular weight excluding hydrogens is 314 g/mol. The number of nitrogens with two attached hydrogens (primary N) is 1. The van der Waals surface area contributed by atoms with Crippen LogP contribution < -0.4 is 15.2 Å². The molecule has 0 saturated carbocycles. The van der Waals surface area contributed by atoms with Crippen LogP contribution in [0.25, 0.3) is 0 Å². The van der Waals surface area contributed by atoms with Crippen LogP contribution in [0.1, 0.15) is 12.0 Å². The SMILES string of the molecule is COC(=O)CCOc1c(Br)cc(CCN)cc1OC. The van der Waals surface area contributed by atoms with E-state index in [1.54, 1.807) is 7.11 Å². The van der Waals surface area contributed by atoms with Crippen LogP contribution in [-0.4, -0.2) is 33.3 Å². The van der Waals surface area contributed by atoms with Crippen molar-refractivity contribution in [1.82, 2.24) is 0 Å². The second-order valence-electron chi connectivity index (χ2n) is 3.82. The highest BCUT2D eigenvalue weighted by Gasteiger charge is 2.12. The molecule has 0 heterocycles. The fourth-order valence-electron chi connectivity index (χ4n) is 1.56. The van der Waals surface area contributed by atoms with Crippen molar-refractivity contribution in [2.45, 2.75) is 12.8 Å². The van der Waals surface area contributed by atoms with Gasteiger partial charge in [0.25, 0.3) is 0 Å². The van der Waals surface area contributed by atoms with E-state index in [2.05, 4.69) is 20.7 Å². The number of carbonyl (C=O) groups excluding carboxylic acids is 1. The van der Waals surface area contributed by atoms with E-state index in [1.807, 2.05) is 12.1 Å². The first-order valence-corrected chi connectivity index (χ1v) is 6.67. The first-order valence-electron chi connectivity index (χ1n) is 5.88. The summed E-state index contributed by atoms with van der Waals surface area (Å²) in [6, 6.07) is 3.81. The molecule has 0 aliphatic carbocycles. The Bertz CT molecular complexity index is 437. The highest BCUT2D eigenvalue weighted by atomic mass is 79.9. The number of hydrogen-bond donors (Lipinski definition) is 1. The summed E-state index contributed by atoms with van der Waals surface area (Å²) in [4.78, 5) is 11.0. The smallest absolute Gasteiger partial charge is 0.308 e. The number of ether oxygens (including phenoxy) is 3. The van der Waals surface area contributed by atoms with Gasteiger partial charge in [-0.25, -0.2) is 0 Å². The Balaban J connectivity index is 2.78. The lowest BCUT2D eigenvalue weighted by molar-refractivity contribution is -0.141. The van der Waals surface area contributed by atoms with E-state index in [-0.39, 0.29) is 19.0 Å². The molecule has 0 aliphatic heterocycles. The Morgan fingerprint density at radius 3 is 2.68 bits per heavy atom. The molecular formula is C13H18BrNO4. The second-order valence-corrected chi connectivity index (χ2v) is 4.68. The number of hydrogen-bond acceptors (Lipinski definition) is 5. The van der Waals surface area contributed by atoms with Crippen LogP contribution >= 0.6 is 15.9 Å². The van der Waals surface area contributed by atoms with Crippen molar-refractivity contribution in [2.75, 3.05) is 27.4 Å². The molecule has 0 atom stereocenters. The predicted octanol–water partition coefficient (Wildman–Crippen LogP) is 1.90. The number of carbonyl (C=O) groups is 1. The van der Waals surface area contributed by atoms with Crippen LogP contribution in [0.15, 0.2) is 16.6 Å². The van der Waals surface area contributed by atoms with Gasteiger partial charge in [0.15, 0.2) is 11.5 Å². The third-order valence-corrected chi connectivity index (χ3v) is 3.09. The minimum absolute atomic E-state index is 0.191. The van der Waals surface area contributed by atoms with E-state index in [0.29, 0.717) is 18.0 Å². The molecule has 0 saturated heterocycles. The Morgan fingerprint density at radius 2 is 2.11 bits per heavy atom. The molecule has 6 heteroatoms. The molecule has 1 rings (SSSR count). The van der Waals surface area contributed by atoms with Gasteiger partial charge in [-0.1, -0.05) is 0 Å². The highest BCUT2D eigenvalue weighted by Crippen LogP contribution is 2.36. The average molecular weight is 332 g/mol. The van der Waals surface area contributed by atoms with Gasteiger partial charge in [0.2, 0.25) is 0 Å². The molecule has 0 spiro atoms. The molecule has 106 valence electrons. The van der Waals surface area contributed by atoms with Crippen molar-refractivity contribution in [3.05, 3.63) is 22.2 Å². The Labute approximate surface area is 121 Å². The monoisotopic (exact) mass is 331 g/mol. The van der Waals surface area contributed by atoms with Crippen LogP contribution in [0.2, 0.25) is 0 Å². The maximum Gasteiger partial charge on any atom is 0.308 e. The molecule has 0 fully saturated rings. The number of halogens is 1. The standard InChI is InChI=1S/C13H18BrNO4/c1-17-11-8-9(3-5-15)7-10(14)13(11)19-6-4-12(16)18-2/h7-8H,3-6,15H2,1-2H3. The molecule has 0 radical (unpaired) electrons. The van der Waals surface area contributed by atoms with Crippen molar-refractivity contribution in [3.8, 4) is 11.5 Å². The van der Waals surface area contributed by atoms with Crippen molar-refractivity contribution in [3.63, 3.8) is 0 Å². The van der Waals surface area contributed by atoms with E-state index in [4.69, 9.17) is 15.2 Å². The summed E-state index contributed by atoms with van der Waals surface area (Å²) < 4.78 is 16.2. The van der Waals surface area contributed by atoms with Gasteiger partial charge in [-0.05, 0) is 46.6 Å². The van der Waals surface area contributed by atoms with Crippen LogP contribution in [0.3, 0.4) is 0 Å². The van der Waals surface area contributed by atoms with E-state index < -0.39 is 0 Å². The van der Waals surface area contributed by atoms with Crippen molar-refractivity contribution in [1.29, 1.82) is 0 Å². The summed E-state index contributed by atoms with van der Waals surface area (Å²) in [5.74, 6) is 0.879. The molecule has 1 aromatic rings.